The number of phenolic OH excluding ortho intramolecular Hbond substituents is 1. The van der Waals surface area contributed by atoms with Gasteiger partial charge in [-0.25, -0.2) is 0 Å². The first kappa shape index (κ1) is 19.3. The van der Waals surface area contributed by atoms with Gasteiger partial charge in [0.1, 0.15) is 22.5 Å². The van der Waals surface area contributed by atoms with Gasteiger partial charge in [0.2, 0.25) is 0 Å². The molecular weight excluding hydrogens is 371 g/mol. The predicted molar refractivity (Wildman–Crippen MR) is 83.0 cm³/mol. The summed E-state index contributed by atoms with van der Waals surface area (Å²) >= 11 is 0. The third kappa shape index (κ3) is 3.95. The molecule has 0 unspecified atom stereocenters. The van der Waals surface area contributed by atoms with Crippen molar-refractivity contribution in [3.63, 3.8) is 0 Å². The summed E-state index contributed by atoms with van der Waals surface area (Å²) in [6.45, 7) is 1.72. The average molecular weight is 387 g/mol. The second-order valence-electron chi connectivity index (χ2n) is 4.83. The quantitative estimate of drug-likeness (QED) is 0.675. The van der Waals surface area contributed by atoms with Crippen molar-refractivity contribution in [1.29, 1.82) is 0 Å². The number of phenols is 1. The van der Waals surface area contributed by atoms with E-state index in [0.29, 0.717) is 27.8 Å². The fourth-order valence-electron chi connectivity index (χ4n) is 2.23. The topological polar surface area (TPSA) is 88.2 Å². The molecule has 117 valence electrons. The Morgan fingerprint density at radius 1 is 1.17 bits per heavy atom. The summed E-state index contributed by atoms with van der Waals surface area (Å²) in [5.74, 6) is -0.880. The zero-order valence-electron chi connectivity index (χ0n) is 12.9. The Kier molecular flexibility index (Phi) is 6.41. The van der Waals surface area contributed by atoms with Gasteiger partial charge in [0, 0.05) is 32.7 Å². The SMILES string of the molecule is Cc1cc(CC(=O)O)cc(-n2nc3ccccc3n2)c1O.[CH3-].[Y]. The van der Waals surface area contributed by atoms with Crippen LogP contribution < -0.4 is 0 Å². The first-order chi connectivity index (χ1) is 10.0. The number of nitrogens with zero attached hydrogens (tertiary/aromatic N) is 3. The number of hydrogen-bond acceptors (Lipinski definition) is 4. The number of carbonyl (C=O) groups is 1. The summed E-state index contributed by atoms with van der Waals surface area (Å²) < 4.78 is 0. The Labute approximate surface area is 159 Å². The van der Waals surface area contributed by atoms with Crippen LogP contribution >= 0.6 is 0 Å². The molecule has 6 nitrogen and oxygen atoms in total. The molecule has 1 radical (unpaired) electrons. The second-order valence-corrected chi connectivity index (χ2v) is 4.83. The minimum absolute atomic E-state index is 0. The fraction of sp³-hybridized carbons (Fsp3) is 0.125. The molecule has 0 atom stereocenters. The van der Waals surface area contributed by atoms with Gasteiger partial charge in [0.25, 0.3) is 0 Å². The molecule has 0 amide bonds. The molecule has 0 saturated carbocycles. The van der Waals surface area contributed by atoms with Crippen LogP contribution in [-0.4, -0.2) is 31.2 Å². The van der Waals surface area contributed by atoms with E-state index in [9.17, 15) is 9.90 Å². The number of aliphatic carboxylic acids is 1. The second kappa shape index (κ2) is 7.66. The van der Waals surface area contributed by atoms with Crippen molar-refractivity contribution in [3.8, 4) is 11.4 Å². The maximum atomic E-state index is 10.9. The summed E-state index contributed by atoms with van der Waals surface area (Å²) in [4.78, 5) is 12.2. The Morgan fingerprint density at radius 2 is 1.74 bits per heavy atom. The van der Waals surface area contributed by atoms with Crippen LogP contribution in [0.15, 0.2) is 36.4 Å². The number of fused-ring (bicyclic) bond motifs is 1. The first-order valence-corrected chi connectivity index (χ1v) is 6.41. The van der Waals surface area contributed by atoms with Crippen LogP contribution in [0.25, 0.3) is 16.7 Å². The molecule has 3 rings (SSSR count). The molecule has 1 heterocycles. The molecular formula is C16H16N3O3Y-. The molecule has 0 fully saturated rings. The smallest absolute Gasteiger partial charge is 0.307 e. The molecule has 0 saturated heterocycles. The molecule has 0 bridgehead atoms. The molecule has 7 heteroatoms. The zero-order chi connectivity index (χ0) is 15.0. The van der Waals surface area contributed by atoms with Gasteiger partial charge in [-0.15, -0.1) is 15.0 Å². The Balaban J connectivity index is 0.00000132. The van der Waals surface area contributed by atoms with Crippen molar-refractivity contribution in [2.45, 2.75) is 13.3 Å². The van der Waals surface area contributed by atoms with Crippen LogP contribution in [0.3, 0.4) is 0 Å². The van der Waals surface area contributed by atoms with Crippen LogP contribution in [-0.2, 0) is 43.9 Å². The average Bonchev–Trinajstić information content (AvgIpc) is 2.85. The number of aryl methyl sites for hydroxylation is 1. The number of hydrogen-bond donors (Lipinski definition) is 2. The zero-order valence-corrected chi connectivity index (χ0v) is 15.7. The number of carboxylic acid groups (broad SMARTS) is 1. The first-order valence-electron chi connectivity index (χ1n) is 6.41. The van der Waals surface area contributed by atoms with Crippen LogP contribution in [0, 0.1) is 14.4 Å². The van der Waals surface area contributed by atoms with Gasteiger partial charge in [-0.1, -0.05) is 18.2 Å². The fourth-order valence-corrected chi connectivity index (χ4v) is 2.23. The van der Waals surface area contributed by atoms with Crippen molar-refractivity contribution in [3.05, 3.63) is 55.0 Å². The van der Waals surface area contributed by atoms with E-state index < -0.39 is 5.97 Å². The number of rotatable bonds is 3. The monoisotopic (exact) mass is 387 g/mol. The van der Waals surface area contributed by atoms with E-state index in [-0.39, 0.29) is 52.3 Å². The third-order valence-electron chi connectivity index (χ3n) is 3.20. The summed E-state index contributed by atoms with van der Waals surface area (Å²) in [6.07, 6.45) is -0.116. The Morgan fingerprint density at radius 3 is 2.26 bits per heavy atom. The van der Waals surface area contributed by atoms with E-state index in [2.05, 4.69) is 10.2 Å². The molecule has 3 aromatic rings. The minimum Gasteiger partial charge on any atom is -0.505 e. The molecule has 23 heavy (non-hydrogen) atoms. The van der Waals surface area contributed by atoms with E-state index in [0.717, 1.165) is 0 Å². The standard InChI is InChI=1S/C15H13N3O3.CH3.Y/c1-9-6-10(8-14(19)20)7-13(15(9)21)18-16-11-4-2-3-5-12(11)17-18;;/h2-7,21H,8H2,1H3,(H,19,20);1H3;/q;-1;. The van der Waals surface area contributed by atoms with Crippen molar-refractivity contribution < 1.29 is 47.7 Å². The summed E-state index contributed by atoms with van der Waals surface area (Å²) in [7, 11) is 0. The van der Waals surface area contributed by atoms with E-state index in [4.69, 9.17) is 5.11 Å². The molecule has 0 aliphatic carbocycles. The minimum atomic E-state index is -0.926. The number of aromatic hydroxyl groups is 1. The number of benzene rings is 2. The molecule has 2 N–H and O–H groups in total. The molecule has 1 aromatic heterocycles. The molecule has 0 aliphatic rings. The molecule has 0 aliphatic heterocycles. The third-order valence-corrected chi connectivity index (χ3v) is 3.20. The molecule has 0 spiro atoms. The largest absolute Gasteiger partial charge is 0.505 e. The predicted octanol–water partition coefficient (Wildman–Crippen LogP) is 2.51. The van der Waals surface area contributed by atoms with Crippen LogP contribution in [0.2, 0.25) is 0 Å². The van der Waals surface area contributed by atoms with Crippen LogP contribution in [0.4, 0.5) is 0 Å². The summed E-state index contributed by atoms with van der Waals surface area (Å²) in [5, 5.41) is 27.7. The van der Waals surface area contributed by atoms with Crippen molar-refractivity contribution in [2.24, 2.45) is 0 Å². The molecule has 2 aromatic carbocycles. The van der Waals surface area contributed by atoms with Gasteiger partial charge in [-0.05, 0) is 36.2 Å². The van der Waals surface area contributed by atoms with Crippen LogP contribution in [0.1, 0.15) is 11.1 Å². The maximum absolute atomic E-state index is 10.9. The maximum Gasteiger partial charge on any atom is 0.307 e. The van der Waals surface area contributed by atoms with Gasteiger partial charge in [-0.3, -0.25) is 4.79 Å². The van der Waals surface area contributed by atoms with Crippen molar-refractivity contribution in [1.82, 2.24) is 15.0 Å². The Bertz CT molecular complexity index is 813. The van der Waals surface area contributed by atoms with E-state index in [1.54, 1.807) is 19.1 Å². The van der Waals surface area contributed by atoms with Crippen molar-refractivity contribution >= 4 is 17.0 Å². The Hall–Kier alpha value is -1.79. The number of carboxylic acids is 1. The van der Waals surface area contributed by atoms with Gasteiger partial charge in [-0.2, -0.15) is 0 Å². The normalized spacial score (nSPS) is 9.96. The van der Waals surface area contributed by atoms with Crippen molar-refractivity contribution in [2.75, 3.05) is 0 Å². The van der Waals surface area contributed by atoms with E-state index in [1.165, 1.54) is 4.80 Å². The number of aromatic nitrogens is 3. The summed E-state index contributed by atoms with van der Waals surface area (Å²) in [6, 6.07) is 10.6. The summed E-state index contributed by atoms with van der Waals surface area (Å²) in [5.41, 5.74) is 2.97. The van der Waals surface area contributed by atoms with Gasteiger partial charge >= 0.3 is 5.97 Å². The van der Waals surface area contributed by atoms with E-state index >= 15 is 0 Å². The van der Waals surface area contributed by atoms with E-state index in [1.807, 2.05) is 24.3 Å². The van der Waals surface area contributed by atoms with Gasteiger partial charge < -0.3 is 17.6 Å². The van der Waals surface area contributed by atoms with Gasteiger partial charge in [0.15, 0.2) is 0 Å². The van der Waals surface area contributed by atoms with Crippen LogP contribution in [0.5, 0.6) is 5.75 Å². The van der Waals surface area contributed by atoms with Gasteiger partial charge in [0.05, 0.1) is 6.42 Å².